The molecule has 0 bridgehead atoms. The van der Waals surface area contributed by atoms with Crippen LogP contribution in [0.2, 0.25) is 0 Å². The van der Waals surface area contributed by atoms with Gasteiger partial charge in [0.2, 0.25) is 0 Å². The number of ether oxygens (including phenoxy) is 2. The summed E-state index contributed by atoms with van der Waals surface area (Å²) in [6, 6.07) is 9.77. The van der Waals surface area contributed by atoms with E-state index in [-0.39, 0.29) is 29.7 Å². The van der Waals surface area contributed by atoms with Crippen LogP contribution in [0.25, 0.3) is 10.8 Å². The van der Waals surface area contributed by atoms with Crippen LogP contribution in [-0.4, -0.2) is 31.7 Å². The summed E-state index contributed by atoms with van der Waals surface area (Å²) in [7, 11) is 1.36. The predicted molar refractivity (Wildman–Crippen MR) is 131 cm³/mol. The summed E-state index contributed by atoms with van der Waals surface area (Å²) in [6.45, 7) is 7.56. The van der Waals surface area contributed by atoms with Gasteiger partial charge in [0.05, 0.1) is 19.6 Å². The Hall–Kier alpha value is -2.08. The van der Waals surface area contributed by atoms with Crippen molar-refractivity contribution in [3.05, 3.63) is 42.0 Å². The smallest absolute Gasteiger partial charge is 0.409 e. The third kappa shape index (κ3) is 8.02. The molecule has 2 aromatic carbocycles. The minimum atomic E-state index is -3.90. The maximum Gasteiger partial charge on any atom is 0.409 e. The Morgan fingerprint density at radius 3 is 2.21 bits per heavy atom. The van der Waals surface area contributed by atoms with Crippen LogP contribution in [0.3, 0.4) is 0 Å². The molecule has 182 valence electrons. The zero-order valence-corrected chi connectivity index (χ0v) is 21.8. The molecule has 0 saturated carbocycles. The van der Waals surface area contributed by atoms with Gasteiger partial charge in [-0.2, -0.15) is 0 Å². The van der Waals surface area contributed by atoms with Gasteiger partial charge < -0.3 is 14.0 Å². The van der Waals surface area contributed by atoms with Gasteiger partial charge >= 0.3 is 18.8 Å². The number of hydrogen-bond donors (Lipinski definition) is 1. The summed E-state index contributed by atoms with van der Waals surface area (Å²) in [5, 5.41) is 4.33. The molecule has 0 saturated heterocycles. The van der Waals surface area contributed by atoms with Crippen molar-refractivity contribution in [3.8, 4) is 5.75 Å². The highest BCUT2D eigenvalue weighted by Gasteiger charge is 2.34. The molecule has 3 atom stereocenters. The standard InChI is InChI=1S/C24H33ClNO6P/c1-15(2)21(23(28)31-14-24(4,5)6)26-33(25,29)32-20-11-10-18-12-17(8-9-19(18)13-20)16(3)22(27)30-7/h8-13,15-16,21H,14H2,1-7H3,(H,26,29). The maximum atomic E-state index is 13.0. The van der Waals surface area contributed by atoms with E-state index in [0.717, 1.165) is 16.3 Å². The quantitative estimate of drug-likeness (QED) is 0.333. The van der Waals surface area contributed by atoms with Crippen molar-refractivity contribution in [1.82, 2.24) is 5.09 Å². The molecular formula is C24H33ClNO6P. The summed E-state index contributed by atoms with van der Waals surface area (Å²) >= 11 is 6.18. The van der Waals surface area contributed by atoms with Crippen molar-refractivity contribution in [2.75, 3.05) is 13.7 Å². The molecule has 33 heavy (non-hydrogen) atoms. The Bertz CT molecular complexity index is 1050. The lowest BCUT2D eigenvalue weighted by Gasteiger charge is -2.25. The van der Waals surface area contributed by atoms with Gasteiger partial charge in [-0.1, -0.05) is 58.9 Å². The van der Waals surface area contributed by atoms with E-state index < -0.39 is 24.8 Å². The van der Waals surface area contributed by atoms with Gasteiger partial charge in [-0.3, -0.25) is 9.59 Å². The summed E-state index contributed by atoms with van der Waals surface area (Å²) in [4.78, 5) is 24.3. The number of hydrogen-bond acceptors (Lipinski definition) is 6. The fraction of sp³-hybridized carbons (Fsp3) is 0.500. The number of halogens is 1. The normalized spacial score (nSPS) is 15.5. The van der Waals surface area contributed by atoms with Crippen LogP contribution in [0.5, 0.6) is 5.75 Å². The van der Waals surface area contributed by atoms with Crippen LogP contribution in [0.1, 0.15) is 53.0 Å². The maximum absolute atomic E-state index is 13.0. The third-order valence-corrected chi connectivity index (χ3v) is 6.51. The van der Waals surface area contributed by atoms with Crippen molar-refractivity contribution in [1.29, 1.82) is 0 Å². The molecule has 0 heterocycles. The van der Waals surface area contributed by atoms with Crippen molar-refractivity contribution in [2.45, 2.75) is 53.5 Å². The van der Waals surface area contributed by atoms with Gasteiger partial charge in [0, 0.05) is 11.2 Å². The lowest BCUT2D eigenvalue weighted by atomic mass is 9.98. The summed E-state index contributed by atoms with van der Waals surface area (Å²) < 4.78 is 28.7. The van der Waals surface area contributed by atoms with Gasteiger partial charge in [-0.25, -0.2) is 9.65 Å². The van der Waals surface area contributed by atoms with Crippen molar-refractivity contribution >= 4 is 40.8 Å². The number of esters is 2. The molecule has 7 nitrogen and oxygen atoms in total. The molecule has 1 N–H and O–H groups in total. The minimum absolute atomic E-state index is 0.196. The second-order valence-electron chi connectivity index (χ2n) is 9.60. The zero-order chi connectivity index (χ0) is 25.0. The molecule has 0 spiro atoms. The first kappa shape index (κ1) is 27.2. The largest absolute Gasteiger partial charge is 0.469 e. The van der Waals surface area contributed by atoms with Crippen LogP contribution < -0.4 is 9.61 Å². The molecule has 3 unspecified atom stereocenters. The van der Waals surface area contributed by atoms with E-state index in [0.29, 0.717) is 0 Å². The van der Waals surface area contributed by atoms with Gasteiger partial charge in [0.1, 0.15) is 11.8 Å². The minimum Gasteiger partial charge on any atom is -0.469 e. The Morgan fingerprint density at radius 2 is 1.64 bits per heavy atom. The number of benzene rings is 2. The van der Waals surface area contributed by atoms with Crippen LogP contribution in [0.15, 0.2) is 36.4 Å². The fourth-order valence-electron chi connectivity index (χ4n) is 3.06. The van der Waals surface area contributed by atoms with Crippen molar-refractivity contribution in [2.24, 2.45) is 11.3 Å². The first-order chi connectivity index (χ1) is 15.2. The topological polar surface area (TPSA) is 90.9 Å². The van der Waals surface area contributed by atoms with E-state index in [1.807, 2.05) is 39.0 Å². The predicted octanol–water partition coefficient (Wildman–Crippen LogP) is 6.05. The summed E-state index contributed by atoms with van der Waals surface area (Å²) in [5.41, 5.74) is 0.624. The Kier molecular flexibility index (Phi) is 8.97. The lowest BCUT2D eigenvalue weighted by molar-refractivity contribution is -0.149. The molecule has 0 radical (unpaired) electrons. The van der Waals surface area contributed by atoms with Crippen molar-refractivity contribution < 1.29 is 28.2 Å². The highest BCUT2D eigenvalue weighted by atomic mass is 35.7. The van der Waals surface area contributed by atoms with E-state index in [1.54, 1.807) is 39.0 Å². The first-order valence-corrected chi connectivity index (χ1v) is 13.3. The van der Waals surface area contributed by atoms with Gasteiger partial charge in [0.25, 0.3) is 0 Å². The molecule has 0 aliphatic heterocycles. The number of carbonyl (C=O) groups is 2. The number of nitrogens with one attached hydrogen (secondary N) is 1. The van der Waals surface area contributed by atoms with Gasteiger partial charge in [-0.15, -0.1) is 0 Å². The molecule has 2 aromatic rings. The van der Waals surface area contributed by atoms with Crippen LogP contribution in [0, 0.1) is 11.3 Å². The van der Waals surface area contributed by atoms with Gasteiger partial charge in [-0.05, 0) is 46.7 Å². The van der Waals surface area contributed by atoms with E-state index in [4.69, 9.17) is 25.2 Å². The molecular weight excluding hydrogens is 465 g/mol. The fourth-order valence-corrected chi connectivity index (χ4v) is 4.79. The Balaban J connectivity index is 2.16. The molecule has 9 heteroatoms. The molecule has 0 amide bonds. The summed E-state index contributed by atoms with van der Waals surface area (Å²) in [6.07, 6.45) is 0. The van der Waals surface area contributed by atoms with E-state index in [2.05, 4.69) is 5.09 Å². The zero-order valence-electron chi connectivity index (χ0n) is 20.2. The molecule has 2 rings (SSSR count). The molecule has 0 aliphatic carbocycles. The van der Waals surface area contributed by atoms with Crippen LogP contribution >= 0.6 is 18.1 Å². The van der Waals surface area contributed by atoms with Crippen molar-refractivity contribution in [3.63, 3.8) is 0 Å². The average Bonchev–Trinajstić information content (AvgIpc) is 2.73. The monoisotopic (exact) mass is 497 g/mol. The Labute approximate surface area is 200 Å². The van der Waals surface area contributed by atoms with E-state index >= 15 is 0 Å². The number of rotatable bonds is 9. The second-order valence-corrected chi connectivity index (χ2v) is 12.3. The second kappa shape index (κ2) is 10.9. The highest BCUT2D eigenvalue weighted by molar-refractivity contribution is 7.84. The third-order valence-electron chi connectivity index (χ3n) is 4.97. The number of fused-ring (bicyclic) bond motifs is 1. The lowest BCUT2D eigenvalue weighted by Crippen LogP contribution is -2.41. The van der Waals surface area contributed by atoms with E-state index in [9.17, 15) is 14.2 Å². The first-order valence-electron chi connectivity index (χ1n) is 10.8. The average molecular weight is 498 g/mol. The highest BCUT2D eigenvalue weighted by Crippen LogP contribution is 2.49. The number of methoxy groups -OCH3 is 1. The van der Waals surface area contributed by atoms with Gasteiger partial charge in [0.15, 0.2) is 0 Å². The Morgan fingerprint density at radius 1 is 1.03 bits per heavy atom. The SMILES string of the molecule is COC(=O)C(C)c1ccc2cc(OP(=O)(Cl)NC(C(=O)OCC(C)(C)C)C(C)C)ccc2c1. The van der Waals surface area contributed by atoms with E-state index in [1.165, 1.54) is 7.11 Å². The molecule has 0 aliphatic rings. The van der Waals surface area contributed by atoms with Crippen LogP contribution in [-0.2, 0) is 23.6 Å². The summed E-state index contributed by atoms with van der Waals surface area (Å²) in [5.74, 6) is -1.18. The molecule has 0 fully saturated rings. The van der Waals surface area contributed by atoms with Crippen LogP contribution in [0.4, 0.5) is 0 Å². The molecule has 0 aromatic heterocycles. The number of carbonyl (C=O) groups excluding carboxylic acids is 2.